The van der Waals surface area contributed by atoms with Crippen molar-refractivity contribution in [3.63, 3.8) is 0 Å². The molecular formula is C34H71F3O3Si4. The van der Waals surface area contributed by atoms with Gasteiger partial charge in [0.05, 0.1) is 10.8 Å². The van der Waals surface area contributed by atoms with Gasteiger partial charge in [0, 0.05) is 16.7 Å². The number of hydrogen-bond acceptors (Lipinski definition) is 3. The lowest BCUT2D eigenvalue weighted by atomic mass is 9.78. The summed E-state index contributed by atoms with van der Waals surface area (Å²) < 4.78 is 64.6. The first kappa shape index (κ1) is 44.0. The number of hydrogen-bond donors (Lipinski definition) is 0. The van der Waals surface area contributed by atoms with Crippen LogP contribution in [0.5, 0.6) is 0 Å². The van der Waals surface area contributed by atoms with Gasteiger partial charge in [-0.15, -0.1) is 13.2 Å². The maximum atomic E-state index is 14.0. The second kappa shape index (κ2) is 15.9. The van der Waals surface area contributed by atoms with Crippen LogP contribution in [-0.2, 0) is 13.3 Å². The Morgan fingerprint density at radius 2 is 1.00 bits per heavy atom. The summed E-state index contributed by atoms with van der Waals surface area (Å²) in [5.41, 5.74) is 3.39. The van der Waals surface area contributed by atoms with Crippen molar-refractivity contribution in [1.82, 2.24) is 0 Å². The molecule has 44 heavy (non-hydrogen) atoms. The van der Waals surface area contributed by atoms with E-state index in [9.17, 15) is 13.2 Å². The molecular weight excluding hydrogens is 626 g/mol. The molecule has 262 valence electrons. The topological polar surface area (TPSA) is 27.7 Å². The largest absolute Gasteiger partial charge is 0.414 e. The molecule has 0 aromatic heterocycles. The van der Waals surface area contributed by atoms with Gasteiger partial charge in [0.25, 0.3) is 0 Å². The van der Waals surface area contributed by atoms with Crippen molar-refractivity contribution in [1.29, 1.82) is 0 Å². The molecule has 0 spiro atoms. The molecule has 0 radical (unpaired) electrons. The summed E-state index contributed by atoms with van der Waals surface area (Å²) in [7, 11) is -10.3. The van der Waals surface area contributed by atoms with Gasteiger partial charge in [0.1, 0.15) is 8.07 Å². The quantitative estimate of drug-likeness (QED) is 0.105. The van der Waals surface area contributed by atoms with Gasteiger partial charge in [-0.25, -0.2) is 0 Å². The maximum Gasteiger partial charge on any atom is 0.388 e. The third-order valence-electron chi connectivity index (χ3n) is 12.0. The normalized spacial score (nSPS) is 16.1. The van der Waals surface area contributed by atoms with Crippen LogP contribution in [0.2, 0.25) is 56.9 Å². The molecule has 0 aromatic rings. The minimum Gasteiger partial charge on any atom is -0.414 e. The van der Waals surface area contributed by atoms with Crippen LogP contribution in [0.1, 0.15) is 113 Å². The van der Waals surface area contributed by atoms with Crippen LogP contribution in [0, 0.1) is 0 Å². The Hall–Kier alpha value is 0.0175. The second-order valence-corrected chi connectivity index (χ2v) is 31.6. The van der Waals surface area contributed by atoms with Crippen LogP contribution in [0.4, 0.5) is 13.2 Å². The SMILES string of the molecule is C=C[Si](C)(C)OC(CC)(CC)[Si](C)(CCC(F)(F)F)OC(CC)(CC)C(CC)(CC)[Si](C)(C)OC(CC)(CC)[Si](C)(C)C=C. The molecule has 0 saturated heterocycles. The molecule has 1 unspecified atom stereocenters. The van der Waals surface area contributed by atoms with Gasteiger partial charge in [0.15, 0.2) is 8.32 Å². The molecule has 0 amide bonds. The van der Waals surface area contributed by atoms with E-state index in [-0.39, 0.29) is 16.3 Å². The van der Waals surface area contributed by atoms with Crippen molar-refractivity contribution < 1.29 is 26.4 Å². The van der Waals surface area contributed by atoms with Crippen molar-refractivity contribution in [3.05, 3.63) is 24.6 Å². The van der Waals surface area contributed by atoms with Crippen molar-refractivity contribution in [2.75, 3.05) is 0 Å². The maximum absolute atomic E-state index is 14.0. The summed E-state index contributed by atoms with van der Waals surface area (Å²) in [5.74, 6) is 0. The Balaban J connectivity index is 7.76. The molecule has 3 nitrogen and oxygen atoms in total. The van der Waals surface area contributed by atoms with Crippen LogP contribution in [0.25, 0.3) is 0 Å². The highest BCUT2D eigenvalue weighted by molar-refractivity contribution is 6.86. The van der Waals surface area contributed by atoms with Crippen LogP contribution in [0.3, 0.4) is 0 Å². The monoisotopic (exact) mass is 696 g/mol. The Morgan fingerprint density at radius 3 is 1.30 bits per heavy atom. The zero-order valence-corrected chi connectivity index (χ0v) is 35.5. The molecule has 0 fully saturated rings. The van der Waals surface area contributed by atoms with Crippen molar-refractivity contribution in [2.45, 2.75) is 192 Å². The van der Waals surface area contributed by atoms with E-state index in [2.05, 4.69) is 114 Å². The van der Waals surface area contributed by atoms with Gasteiger partial charge >= 0.3 is 6.18 Å². The molecule has 0 saturated carbocycles. The fourth-order valence-electron chi connectivity index (χ4n) is 8.65. The van der Waals surface area contributed by atoms with Gasteiger partial charge in [-0.3, -0.25) is 0 Å². The zero-order chi connectivity index (χ0) is 35.1. The second-order valence-electron chi connectivity index (χ2n) is 14.8. The van der Waals surface area contributed by atoms with E-state index in [1.165, 1.54) is 0 Å². The zero-order valence-electron chi connectivity index (χ0n) is 31.5. The summed E-state index contributed by atoms with van der Waals surface area (Å²) in [6.07, 6.45) is 0.978. The summed E-state index contributed by atoms with van der Waals surface area (Å²) in [6, 6.07) is -0.0296. The van der Waals surface area contributed by atoms with Crippen molar-refractivity contribution in [2.24, 2.45) is 0 Å². The number of rotatable bonds is 22. The Morgan fingerprint density at radius 1 is 0.568 bits per heavy atom. The van der Waals surface area contributed by atoms with Gasteiger partial charge in [-0.1, -0.05) is 79.9 Å². The van der Waals surface area contributed by atoms with Crippen molar-refractivity contribution in [3.8, 4) is 0 Å². The van der Waals surface area contributed by atoms with E-state index >= 15 is 0 Å². The van der Waals surface area contributed by atoms with Gasteiger partial charge < -0.3 is 13.3 Å². The first-order valence-electron chi connectivity index (χ1n) is 17.4. The molecule has 0 aromatic carbocycles. The molecule has 0 aliphatic heterocycles. The Labute approximate surface area is 275 Å². The summed E-state index contributed by atoms with van der Waals surface area (Å²) >= 11 is 0. The molecule has 0 aliphatic rings. The molecule has 0 bridgehead atoms. The molecule has 0 aliphatic carbocycles. The fourth-order valence-corrected chi connectivity index (χ4v) is 24.8. The lowest BCUT2D eigenvalue weighted by molar-refractivity contribution is -0.132. The smallest absolute Gasteiger partial charge is 0.388 e. The lowest BCUT2D eigenvalue weighted by Crippen LogP contribution is -2.71. The minimum atomic E-state index is -4.27. The van der Waals surface area contributed by atoms with Gasteiger partial charge in [-0.2, -0.15) is 13.2 Å². The summed E-state index contributed by atoms with van der Waals surface area (Å²) in [4.78, 5) is 0. The van der Waals surface area contributed by atoms with Gasteiger partial charge in [-0.05, 0) is 90.1 Å². The third-order valence-corrected chi connectivity index (χ3v) is 27.7. The lowest BCUT2D eigenvalue weighted by Gasteiger charge is -2.63. The highest BCUT2D eigenvalue weighted by Crippen LogP contribution is 2.61. The molecule has 0 rings (SSSR count). The van der Waals surface area contributed by atoms with E-state index in [1.54, 1.807) is 0 Å². The predicted molar refractivity (Wildman–Crippen MR) is 196 cm³/mol. The highest BCUT2D eigenvalue weighted by Gasteiger charge is 2.65. The van der Waals surface area contributed by atoms with E-state index in [0.29, 0.717) is 25.7 Å². The van der Waals surface area contributed by atoms with Crippen molar-refractivity contribution >= 4 is 33.0 Å². The van der Waals surface area contributed by atoms with E-state index < -0.39 is 56.4 Å². The van der Waals surface area contributed by atoms with Crippen LogP contribution >= 0.6 is 0 Å². The number of alkyl halides is 3. The summed E-state index contributed by atoms with van der Waals surface area (Å²) in [5, 5.41) is -1.38. The predicted octanol–water partition coefficient (Wildman–Crippen LogP) is 12.4. The van der Waals surface area contributed by atoms with Crippen LogP contribution < -0.4 is 0 Å². The molecule has 0 heterocycles. The minimum absolute atomic E-state index is 0.0296. The molecule has 1 atom stereocenters. The Bertz CT molecular complexity index is 904. The van der Waals surface area contributed by atoms with Crippen LogP contribution in [-0.4, -0.2) is 55.3 Å². The first-order valence-corrected chi connectivity index (χ1v) is 29.0. The third kappa shape index (κ3) is 8.53. The van der Waals surface area contributed by atoms with E-state index in [1.807, 2.05) is 12.2 Å². The van der Waals surface area contributed by atoms with Crippen LogP contribution in [0.15, 0.2) is 24.6 Å². The number of halogens is 3. The average molecular weight is 697 g/mol. The molecule has 0 N–H and O–H groups in total. The Kier molecular flexibility index (Phi) is 16.0. The van der Waals surface area contributed by atoms with E-state index in [0.717, 1.165) is 25.7 Å². The first-order chi connectivity index (χ1) is 19.9. The average Bonchev–Trinajstić information content (AvgIpc) is 2.97. The summed E-state index contributed by atoms with van der Waals surface area (Å²) in [6.45, 7) is 41.3. The standard InChI is InChI=1S/C34H71F3O3Si4/c1-18-30(19-2,31(20-3,21-4)43(15,16)40-32(22-5,23-6)41(11,12)26-9)38-44(17,29-28-34(35,36)37)33(24-7,25-8)39-42(13,14)27-10/h26-27H,9-10,18-25,28-29H2,1-8,11-17H3. The highest BCUT2D eigenvalue weighted by atomic mass is 28.4. The van der Waals surface area contributed by atoms with Gasteiger partial charge in [0.2, 0.25) is 16.6 Å². The van der Waals surface area contributed by atoms with E-state index in [4.69, 9.17) is 13.3 Å². The molecule has 10 heteroatoms. The fraction of sp³-hybridized carbons (Fsp3) is 0.882.